The van der Waals surface area contributed by atoms with Gasteiger partial charge in [-0.2, -0.15) is 4.99 Å². The van der Waals surface area contributed by atoms with Crippen molar-refractivity contribution in [3.8, 4) is 5.75 Å². The number of carbonyl (C=O) groups is 3. The quantitative estimate of drug-likeness (QED) is 0.474. The van der Waals surface area contributed by atoms with Crippen molar-refractivity contribution < 1.29 is 19.1 Å². The van der Waals surface area contributed by atoms with E-state index in [1.54, 1.807) is 17.0 Å². The Morgan fingerprint density at radius 3 is 2.64 bits per heavy atom. The Balaban J connectivity index is 1.51. The van der Waals surface area contributed by atoms with E-state index in [0.717, 1.165) is 18.4 Å². The molecule has 0 spiro atoms. The number of aliphatic imine (C=N–C) groups is 2. The van der Waals surface area contributed by atoms with Crippen LogP contribution in [-0.4, -0.2) is 58.6 Å². The molecule has 2 aromatic rings. The van der Waals surface area contributed by atoms with Crippen molar-refractivity contribution in [3.63, 3.8) is 0 Å². The fourth-order valence-corrected chi connectivity index (χ4v) is 4.77. The summed E-state index contributed by atoms with van der Waals surface area (Å²) < 4.78 is 5.58. The second kappa shape index (κ2) is 11.9. The normalized spacial score (nSPS) is 16.0. The molecule has 9 nitrogen and oxygen atoms in total. The summed E-state index contributed by atoms with van der Waals surface area (Å²) in [6, 6.07) is 13.8. The zero-order valence-electron chi connectivity index (χ0n) is 20.3. The molecule has 2 N–H and O–H groups in total. The molecule has 10 heteroatoms. The van der Waals surface area contributed by atoms with Crippen molar-refractivity contribution in [3.05, 3.63) is 54.1 Å². The summed E-state index contributed by atoms with van der Waals surface area (Å²) >= 11 is 1.20. The van der Waals surface area contributed by atoms with E-state index in [2.05, 4.69) is 15.6 Å². The average molecular weight is 508 g/mol. The van der Waals surface area contributed by atoms with Gasteiger partial charge in [0.15, 0.2) is 5.17 Å². The van der Waals surface area contributed by atoms with E-state index in [1.165, 1.54) is 11.8 Å². The molecule has 188 valence electrons. The smallest absolute Gasteiger partial charge is 0.271 e. The highest BCUT2D eigenvalue weighted by Crippen LogP contribution is 2.35. The molecule has 0 saturated carbocycles. The number of fused-ring (bicyclic) bond motifs is 3. The SMILES string of the molecule is CCCCNC(=O)CC1C(=O)N=C2c3ccccc3N=C(SCC(=O)Nc3ccccc3OCC)N21. The van der Waals surface area contributed by atoms with Crippen LogP contribution in [0.25, 0.3) is 0 Å². The van der Waals surface area contributed by atoms with Crippen LogP contribution in [0.15, 0.2) is 58.5 Å². The fourth-order valence-electron chi connectivity index (χ4n) is 3.92. The van der Waals surface area contributed by atoms with Crippen molar-refractivity contribution in [2.75, 3.05) is 24.2 Å². The standard InChI is InChI=1S/C26H29N5O4S/c1-3-5-14-27-22(32)15-20-25(34)30-24-17-10-6-7-11-18(17)29-26(31(20)24)36-16-23(33)28-19-12-8-9-13-21(19)35-4-2/h6-13,20H,3-5,14-16H2,1-2H3,(H,27,32)(H,28,33). The summed E-state index contributed by atoms with van der Waals surface area (Å²) in [6.45, 7) is 4.97. The van der Waals surface area contributed by atoms with Crippen LogP contribution in [0.3, 0.4) is 0 Å². The molecule has 1 atom stereocenters. The lowest BCUT2D eigenvalue weighted by Gasteiger charge is -2.30. The third-order valence-corrected chi connectivity index (χ3v) is 6.59. The first-order chi connectivity index (χ1) is 17.5. The van der Waals surface area contributed by atoms with Gasteiger partial charge < -0.3 is 15.4 Å². The number of carbonyl (C=O) groups excluding carboxylic acids is 3. The van der Waals surface area contributed by atoms with Gasteiger partial charge in [0.1, 0.15) is 17.6 Å². The second-order valence-electron chi connectivity index (χ2n) is 8.24. The molecule has 0 aliphatic carbocycles. The number of nitrogens with zero attached hydrogens (tertiary/aromatic N) is 3. The maximum atomic E-state index is 12.9. The minimum Gasteiger partial charge on any atom is -0.492 e. The molecule has 36 heavy (non-hydrogen) atoms. The van der Waals surface area contributed by atoms with Gasteiger partial charge in [-0.25, -0.2) is 4.99 Å². The van der Waals surface area contributed by atoms with E-state index in [9.17, 15) is 14.4 Å². The minimum absolute atomic E-state index is 0.0365. The highest BCUT2D eigenvalue weighted by Gasteiger charge is 2.42. The number of hydrogen-bond donors (Lipinski definition) is 2. The van der Waals surface area contributed by atoms with Crippen LogP contribution in [-0.2, 0) is 14.4 Å². The lowest BCUT2D eigenvalue weighted by molar-refractivity contribution is -0.126. The van der Waals surface area contributed by atoms with E-state index >= 15 is 0 Å². The summed E-state index contributed by atoms with van der Waals surface area (Å²) in [5.74, 6) is 0.251. The maximum Gasteiger partial charge on any atom is 0.271 e. The number of rotatable bonds is 10. The lowest BCUT2D eigenvalue weighted by atomic mass is 10.1. The first kappa shape index (κ1) is 25.4. The molecule has 0 radical (unpaired) electrons. The van der Waals surface area contributed by atoms with Gasteiger partial charge in [-0.15, -0.1) is 0 Å². The molecule has 1 unspecified atom stereocenters. The molecular formula is C26H29N5O4S. The number of unbranched alkanes of at least 4 members (excludes halogenated alkanes) is 1. The molecule has 0 bridgehead atoms. The first-order valence-corrected chi connectivity index (χ1v) is 13.0. The summed E-state index contributed by atoms with van der Waals surface area (Å²) in [4.78, 5) is 48.9. The van der Waals surface area contributed by atoms with Crippen molar-refractivity contribution in [1.29, 1.82) is 0 Å². The Bertz CT molecular complexity index is 1210. The molecule has 2 heterocycles. The third kappa shape index (κ3) is 5.76. The molecular weight excluding hydrogens is 478 g/mol. The van der Waals surface area contributed by atoms with Gasteiger partial charge in [-0.3, -0.25) is 19.3 Å². The van der Waals surface area contributed by atoms with Crippen LogP contribution in [0.1, 0.15) is 38.7 Å². The maximum absolute atomic E-state index is 12.9. The number of hydrogen-bond acceptors (Lipinski definition) is 7. The number of amides is 3. The van der Waals surface area contributed by atoms with E-state index in [4.69, 9.17) is 9.73 Å². The average Bonchev–Trinajstić information content (AvgIpc) is 3.20. The van der Waals surface area contributed by atoms with Crippen molar-refractivity contribution in [2.45, 2.75) is 39.2 Å². The summed E-state index contributed by atoms with van der Waals surface area (Å²) in [6.07, 6.45) is 1.79. The molecule has 2 aromatic carbocycles. The van der Waals surface area contributed by atoms with Crippen molar-refractivity contribution in [2.24, 2.45) is 9.98 Å². The van der Waals surface area contributed by atoms with Gasteiger partial charge in [-0.05, 0) is 37.6 Å². The fraction of sp³-hybridized carbons (Fsp3) is 0.346. The largest absolute Gasteiger partial charge is 0.492 e. The van der Waals surface area contributed by atoms with E-state index < -0.39 is 11.9 Å². The van der Waals surface area contributed by atoms with Crippen LogP contribution in [0.4, 0.5) is 11.4 Å². The number of thioether (sulfide) groups is 1. The lowest BCUT2D eigenvalue weighted by Crippen LogP contribution is -2.46. The van der Waals surface area contributed by atoms with E-state index in [0.29, 0.717) is 41.3 Å². The first-order valence-electron chi connectivity index (χ1n) is 12.0. The summed E-state index contributed by atoms with van der Waals surface area (Å²) in [7, 11) is 0. The van der Waals surface area contributed by atoms with Crippen LogP contribution < -0.4 is 15.4 Å². The Kier molecular flexibility index (Phi) is 8.37. The number of nitrogens with one attached hydrogen (secondary N) is 2. The van der Waals surface area contributed by atoms with Crippen LogP contribution >= 0.6 is 11.8 Å². The molecule has 4 rings (SSSR count). The van der Waals surface area contributed by atoms with Crippen LogP contribution in [0, 0.1) is 0 Å². The zero-order chi connectivity index (χ0) is 25.5. The molecule has 0 fully saturated rings. The third-order valence-electron chi connectivity index (χ3n) is 5.63. The predicted octanol–water partition coefficient (Wildman–Crippen LogP) is 3.72. The van der Waals surface area contributed by atoms with Gasteiger partial charge in [0.05, 0.1) is 30.2 Å². The van der Waals surface area contributed by atoms with Crippen molar-refractivity contribution >= 4 is 51.9 Å². The van der Waals surface area contributed by atoms with Gasteiger partial charge in [0.2, 0.25) is 11.8 Å². The summed E-state index contributed by atoms with van der Waals surface area (Å²) in [5, 5.41) is 6.19. The number of amidine groups is 2. The Hall–Kier alpha value is -3.66. The monoisotopic (exact) mass is 507 g/mol. The van der Waals surface area contributed by atoms with Crippen LogP contribution in [0.2, 0.25) is 0 Å². The summed E-state index contributed by atoms with van der Waals surface area (Å²) in [5.41, 5.74) is 1.97. The Morgan fingerprint density at radius 2 is 1.83 bits per heavy atom. The van der Waals surface area contributed by atoms with Gasteiger partial charge in [-0.1, -0.05) is 49.4 Å². The minimum atomic E-state index is -0.803. The number of ether oxygens (including phenoxy) is 1. The number of anilines is 1. The highest BCUT2D eigenvalue weighted by atomic mass is 32.2. The van der Waals surface area contributed by atoms with Crippen LogP contribution in [0.5, 0.6) is 5.75 Å². The number of para-hydroxylation sites is 3. The molecule has 2 aliphatic rings. The molecule has 0 saturated heterocycles. The molecule has 2 aliphatic heterocycles. The second-order valence-corrected chi connectivity index (χ2v) is 9.19. The topological polar surface area (TPSA) is 112 Å². The van der Waals surface area contributed by atoms with Gasteiger partial charge in [0.25, 0.3) is 5.91 Å². The van der Waals surface area contributed by atoms with E-state index in [1.807, 2.05) is 50.2 Å². The number of benzene rings is 2. The predicted molar refractivity (Wildman–Crippen MR) is 142 cm³/mol. The van der Waals surface area contributed by atoms with Crippen molar-refractivity contribution in [1.82, 2.24) is 10.2 Å². The Labute approximate surface area is 214 Å². The highest BCUT2D eigenvalue weighted by molar-refractivity contribution is 8.14. The molecule has 0 aromatic heterocycles. The van der Waals surface area contributed by atoms with Gasteiger partial charge >= 0.3 is 0 Å². The Morgan fingerprint density at radius 1 is 1.06 bits per heavy atom. The van der Waals surface area contributed by atoms with E-state index in [-0.39, 0.29) is 24.0 Å². The van der Waals surface area contributed by atoms with Gasteiger partial charge in [0, 0.05) is 12.1 Å². The zero-order valence-corrected chi connectivity index (χ0v) is 21.1. The molecule has 3 amide bonds.